The molecule has 4 rings (SSSR count). The number of nitrogens with zero attached hydrogens (tertiary/aromatic N) is 3. The third kappa shape index (κ3) is 3.60. The first-order chi connectivity index (χ1) is 12.7. The van der Waals surface area contributed by atoms with Gasteiger partial charge < -0.3 is 9.84 Å². The van der Waals surface area contributed by atoms with Gasteiger partial charge in [0.2, 0.25) is 11.7 Å². The first-order valence-electron chi connectivity index (χ1n) is 8.56. The van der Waals surface area contributed by atoms with Gasteiger partial charge in [0.25, 0.3) is 5.91 Å². The molecular formula is C19H17ClN4O2. The number of rotatable bonds is 4. The number of halogens is 1. The Bertz CT molecular complexity index is 917. The van der Waals surface area contributed by atoms with Crippen molar-refractivity contribution in [3.8, 4) is 11.4 Å². The van der Waals surface area contributed by atoms with Crippen LogP contribution in [0.25, 0.3) is 11.4 Å². The van der Waals surface area contributed by atoms with E-state index >= 15 is 0 Å². The molecule has 1 aliphatic carbocycles. The minimum Gasteiger partial charge on any atom is -0.339 e. The molecule has 0 atom stereocenters. The molecule has 1 aromatic carbocycles. The molecule has 1 aliphatic rings. The van der Waals surface area contributed by atoms with Gasteiger partial charge >= 0.3 is 0 Å². The molecule has 1 N–H and O–H groups in total. The molecule has 7 heteroatoms. The average molecular weight is 369 g/mol. The predicted molar refractivity (Wildman–Crippen MR) is 98.1 cm³/mol. The van der Waals surface area contributed by atoms with Gasteiger partial charge in [-0.15, -0.1) is 0 Å². The van der Waals surface area contributed by atoms with Gasteiger partial charge in [0.1, 0.15) is 5.15 Å². The third-order valence-corrected chi connectivity index (χ3v) is 4.74. The van der Waals surface area contributed by atoms with Gasteiger partial charge in [0.05, 0.1) is 5.56 Å². The summed E-state index contributed by atoms with van der Waals surface area (Å²) in [5.74, 6) is 1.36. The van der Waals surface area contributed by atoms with E-state index in [2.05, 4.69) is 20.4 Å². The van der Waals surface area contributed by atoms with E-state index in [1.165, 1.54) is 19.0 Å². The Hall–Kier alpha value is -2.73. The second-order valence-electron chi connectivity index (χ2n) is 6.34. The molecule has 2 heterocycles. The quantitative estimate of drug-likeness (QED) is 0.675. The molecule has 2 aromatic heterocycles. The Balaban J connectivity index is 1.51. The largest absolute Gasteiger partial charge is 0.339 e. The van der Waals surface area contributed by atoms with E-state index in [1.807, 2.05) is 24.3 Å². The van der Waals surface area contributed by atoms with E-state index in [-0.39, 0.29) is 5.91 Å². The lowest BCUT2D eigenvalue weighted by molar-refractivity contribution is 0.102. The summed E-state index contributed by atoms with van der Waals surface area (Å²) in [6.45, 7) is 0. The van der Waals surface area contributed by atoms with Gasteiger partial charge in [-0.3, -0.25) is 4.79 Å². The van der Waals surface area contributed by atoms with Crippen molar-refractivity contribution >= 4 is 23.2 Å². The minimum atomic E-state index is -0.258. The number of nitrogens with one attached hydrogen (secondary N) is 1. The van der Waals surface area contributed by atoms with Crippen LogP contribution < -0.4 is 5.32 Å². The summed E-state index contributed by atoms with van der Waals surface area (Å²) in [6.07, 6.45) is 6.07. The fourth-order valence-corrected chi connectivity index (χ4v) is 3.25. The van der Waals surface area contributed by atoms with Crippen molar-refractivity contribution in [1.82, 2.24) is 15.1 Å². The van der Waals surface area contributed by atoms with Crippen LogP contribution in [-0.2, 0) is 0 Å². The topological polar surface area (TPSA) is 80.9 Å². The van der Waals surface area contributed by atoms with Crippen LogP contribution in [-0.4, -0.2) is 21.0 Å². The first-order valence-corrected chi connectivity index (χ1v) is 8.94. The monoisotopic (exact) mass is 368 g/mol. The maximum absolute atomic E-state index is 12.3. The molecule has 0 saturated heterocycles. The molecule has 0 radical (unpaired) electrons. The van der Waals surface area contributed by atoms with Crippen molar-refractivity contribution in [1.29, 1.82) is 0 Å². The summed E-state index contributed by atoms with van der Waals surface area (Å²) in [4.78, 5) is 20.8. The summed E-state index contributed by atoms with van der Waals surface area (Å²) in [6, 6.07) is 10.6. The van der Waals surface area contributed by atoms with Crippen LogP contribution in [0.15, 0.2) is 47.1 Å². The maximum Gasteiger partial charge on any atom is 0.257 e. The summed E-state index contributed by atoms with van der Waals surface area (Å²) in [5.41, 5.74) is 1.88. The van der Waals surface area contributed by atoms with E-state index < -0.39 is 0 Å². The SMILES string of the molecule is O=C(Nc1cccc(-c2noc(C3CCCC3)n2)c1)c1ccc(Cl)nc1. The van der Waals surface area contributed by atoms with Crippen molar-refractivity contribution in [2.45, 2.75) is 31.6 Å². The van der Waals surface area contributed by atoms with Crippen LogP contribution in [0.5, 0.6) is 0 Å². The van der Waals surface area contributed by atoms with Crippen molar-refractivity contribution in [3.05, 3.63) is 59.2 Å². The fourth-order valence-electron chi connectivity index (χ4n) is 3.14. The maximum atomic E-state index is 12.3. The Morgan fingerprint density at radius 2 is 2.04 bits per heavy atom. The molecule has 1 fully saturated rings. The highest BCUT2D eigenvalue weighted by Crippen LogP contribution is 2.34. The molecule has 132 valence electrons. The zero-order valence-electron chi connectivity index (χ0n) is 14.0. The molecule has 26 heavy (non-hydrogen) atoms. The number of hydrogen-bond donors (Lipinski definition) is 1. The lowest BCUT2D eigenvalue weighted by Gasteiger charge is -2.06. The predicted octanol–water partition coefficient (Wildman–Crippen LogP) is 4.69. The minimum absolute atomic E-state index is 0.258. The lowest BCUT2D eigenvalue weighted by atomic mass is 10.1. The average Bonchev–Trinajstić information content (AvgIpc) is 3.34. The Morgan fingerprint density at radius 3 is 2.81 bits per heavy atom. The highest BCUT2D eigenvalue weighted by molar-refractivity contribution is 6.29. The van der Waals surface area contributed by atoms with Crippen LogP contribution in [0, 0.1) is 0 Å². The van der Waals surface area contributed by atoms with Crippen LogP contribution >= 0.6 is 11.6 Å². The molecule has 1 saturated carbocycles. The Kier molecular flexibility index (Phi) is 4.67. The number of aromatic nitrogens is 3. The number of benzene rings is 1. The Morgan fingerprint density at radius 1 is 1.19 bits per heavy atom. The van der Waals surface area contributed by atoms with E-state index in [0.717, 1.165) is 18.4 Å². The number of hydrogen-bond acceptors (Lipinski definition) is 5. The fraction of sp³-hybridized carbons (Fsp3) is 0.263. The summed E-state index contributed by atoms with van der Waals surface area (Å²) in [7, 11) is 0. The van der Waals surface area contributed by atoms with Gasteiger partial charge in [-0.25, -0.2) is 4.98 Å². The number of carbonyl (C=O) groups excluding carboxylic acids is 1. The molecule has 0 bridgehead atoms. The number of pyridine rings is 1. The van der Waals surface area contributed by atoms with Gasteiger partial charge in [-0.05, 0) is 37.1 Å². The van der Waals surface area contributed by atoms with E-state index in [9.17, 15) is 4.79 Å². The zero-order valence-corrected chi connectivity index (χ0v) is 14.7. The van der Waals surface area contributed by atoms with Gasteiger partial charge in [-0.2, -0.15) is 4.98 Å². The van der Waals surface area contributed by atoms with Crippen LogP contribution in [0.4, 0.5) is 5.69 Å². The van der Waals surface area contributed by atoms with Crippen LogP contribution in [0.2, 0.25) is 5.15 Å². The number of amides is 1. The van der Waals surface area contributed by atoms with Crippen LogP contribution in [0.1, 0.15) is 47.8 Å². The highest BCUT2D eigenvalue weighted by atomic mass is 35.5. The van der Waals surface area contributed by atoms with Crippen molar-refractivity contribution in [2.24, 2.45) is 0 Å². The molecular weight excluding hydrogens is 352 g/mol. The van der Waals surface area contributed by atoms with Crippen molar-refractivity contribution in [2.75, 3.05) is 5.32 Å². The summed E-state index contributed by atoms with van der Waals surface area (Å²) < 4.78 is 5.44. The normalized spacial score (nSPS) is 14.5. The van der Waals surface area contributed by atoms with E-state index in [0.29, 0.717) is 34.0 Å². The highest BCUT2D eigenvalue weighted by Gasteiger charge is 2.23. The molecule has 0 aliphatic heterocycles. The second-order valence-corrected chi connectivity index (χ2v) is 6.73. The summed E-state index contributed by atoms with van der Waals surface area (Å²) >= 11 is 5.75. The second kappa shape index (κ2) is 7.25. The Labute approximate surface area is 155 Å². The van der Waals surface area contributed by atoms with Gasteiger partial charge in [0, 0.05) is 23.4 Å². The standard InChI is InChI=1S/C19H17ClN4O2/c20-16-9-8-14(11-21-16)18(25)22-15-7-3-6-13(10-15)17-23-19(26-24-17)12-4-1-2-5-12/h3,6-12H,1-2,4-5H2,(H,22,25). The molecule has 0 spiro atoms. The molecule has 6 nitrogen and oxygen atoms in total. The molecule has 3 aromatic rings. The van der Waals surface area contributed by atoms with Gasteiger partial charge in [-0.1, -0.05) is 41.7 Å². The summed E-state index contributed by atoms with van der Waals surface area (Å²) in [5, 5.41) is 7.28. The molecule has 1 amide bonds. The smallest absolute Gasteiger partial charge is 0.257 e. The van der Waals surface area contributed by atoms with Crippen molar-refractivity contribution in [3.63, 3.8) is 0 Å². The molecule has 0 unspecified atom stereocenters. The number of anilines is 1. The first kappa shape index (κ1) is 16.7. The van der Waals surface area contributed by atoms with E-state index in [4.69, 9.17) is 16.1 Å². The zero-order chi connectivity index (χ0) is 17.9. The third-order valence-electron chi connectivity index (χ3n) is 4.51. The van der Waals surface area contributed by atoms with E-state index in [1.54, 1.807) is 12.1 Å². The van der Waals surface area contributed by atoms with Crippen LogP contribution in [0.3, 0.4) is 0 Å². The lowest BCUT2D eigenvalue weighted by Crippen LogP contribution is -2.12. The van der Waals surface area contributed by atoms with Crippen molar-refractivity contribution < 1.29 is 9.32 Å². The number of carbonyl (C=O) groups is 1. The van der Waals surface area contributed by atoms with Gasteiger partial charge in [0.15, 0.2) is 0 Å².